The minimum Gasteiger partial charge on any atom is -0.478 e. The first kappa shape index (κ1) is 14.9. The number of rotatable bonds is 7. The number of carbonyl (C=O) groups is 1. The summed E-state index contributed by atoms with van der Waals surface area (Å²) in [5.41, 5.74) is 6.74. The van der Waals surface area contributed by atoms with Crippen molar-refractivity contribution in [3.05, 3.63) is 22.7 Å². The smallest absolute Gasteiger partial charge is 0.337 e. The molecule has 0 bridgehead atoms. The molecule has 0 unspecified atom stereocenters. The third kappa shape index (κ3) is 3.35. The van der Waals surface area contributed by atoms with E-state index in [2.05, 4.69) is 5.32 Å². The number of hydrogen-bond donors (Lipinski definition) is 3. The van der Waals surface area contributed by atoms with E-state index in [4.69, 9.17) is 22.1 Å². The van der Waals surface area contributed by atoms with Gasteiger partial charge in [0, 0.05) is 25.9 Å². The lowest BCUT2D eigenvalue weighted by atomic mass is 10.0. The van der Waals surface area contributed by atoms with Crippen LogP contribution in [0.5, 0.6) is 0 Å². The van der Waals surface area contributed by atoms with Crippen molar-refractivity contribution >= 4 is 28.9 Å². The molecule has 0 amide bonds. The van der Waals surface area contributed by atoms with Crippen molar-refractivity contribution < 1.29 is 14.6 Å². The number of anilines is 2. The van der Waals surface area contributed by atoms with Crippen molar-refractivity contribution in [2.24, 2.45) is 5.41 Å². The molecule has 1 fully saturated rings. The van der Waals surface area contributed by atoms with E-state index in [-0.39, 0.29) is 11.0 Å². The zero-order valence-corrected chi connectivity index (χ0v) is 12.2. The Kier molecular flexibility index (Phi) is 4.40. The summed E-state index contributed by atoms with van der Waals surface area (Å²) in [6.07, 6.45) is 3.21. The van der Waals surface area contributed by atoms with Crippen LogP contribution in [0.2, 0.25) is 5.02 Å². The van der Waals surface area contributed by atoms with Gasteiger partial charge in [-0.05, 0) is 36.8 Å². The molecule has 0 atom stereocenters. The Morgan fingerprint density at radius 2 is 2.25 bits per heavy atom. The summed E-state index contributed by atoms with van der Waals surface area (Å²) >= 11 is 6.10. The first-order valence-corrected chi connectivity index (χ1v) is 6.90. The van der Waals surface area contributed by atoms with Crippen LogP contribution < -0.4 is 11.1 Å². The zero-order valence-electron chi connectivity index (χ0n) is 11.4. The predicted octanol–water partition coefficient (Wildman–Crippen LogP) is 2.85. The highest BCUT2D eigenvalue weighted by molar-refractivity contribution is 6.34. The molecule has 110 valence electrons. The van der Waals surface area contributed by atoms with E-state index in [1.807, 2.05) is 0 Å². The Labute approximate surface area is 123 Å². The molecule has 4 N–H and O–H groups in total. The summed E-state index contributed by atoms with van der Waals surface area (Å²) in [6, 6.07) is 2.98. The fraction of sp³-hybridized carbons (Fsp3) is 0.500. The third-order valence-electron chi connectivity index (χ3n) is 3.78. The number of carboxylic acid groups (broad SMARTS) is 1. The lowest BCUT2D eigenvalue weighted by Gasteiger charge is -2.18. The lowest BCUT2D eigenvalue weighted by Crippen LogP contribution is -2.19. The zero-order chi connectivity index (χ0) is 14.8. The number of benzene rings is 1. The van der Waals surface area contributed by atoms with Gasteiger partial charge in [0.2, 0.25) is 0 Å². The Hall–Kier alpha value is -1.46. The summed E-state index contributed by atoms with van der Waals surface area (Å²) < 4.78 is 5.11. The van der Waals surface area contributed by atoms with E-state index in [1.54, 1.807) is 13.2 Å². The average Bonchev–Trinajstić information content (AvgIpc) is 3.15. The molecule has 1 saturated carbocycles. The van der Waals surface area contributed by atoms with Crippen molar-refractivity contribution in [3.63, 3.8) is 0 Å². The summed E-state index contributed by atoms with van der Waals surface area (Å²) in [4.78, 5) is 11.3. The Bertz CT molecular complexity index is 515. The summed E-state index contributed by atoms with van der Waals surface area (Å²) in [6.45, 7) is 1.41. The van der Waals surface area contributed by atoms with Gasteiger partial charge < -0.3 is 20.9 Å². The number of nitrogens with two attached hydrogens (primary N) is 1. The van der Waals surface area contributed by atoms with Crippen molar-refractivity contribution in [2.75, 3.05) is 31.3 Å². The van der Waals surface area contributed by atoms with E-state index in [0.717, 1.165) is 19.3 Å². The molecular weight excluding hydrogens is 280 g/mol. The number of nitrogen functional groups attached to an aromatic ring is 1. The highest BCUT2D eigenvalue weighted by Crippen LogP contribution is 2.49. The summed E-state index contributed by atoms with van der Waals surface area (Å²) in [5, 5.41) is 12.7. The van der Waals surface area contributed by atoms with Crippen molar-refractivity contribution in [2.45, 2.75) is 19.3 Å². The van der Waals surface area contributed by atoms with Crippen LogP contribution in [0.15, 0.2) is 12.1 Å². The van der Waals surface area contributed by atoms with Crippen LogP contribution >= 0.6 is 11.6 Å². The lowest BCUT2D eigenvalue weighted by molar-refractivity contribution is 0.0698. The molecular formula is C14H19ClN2O3. The van der Waals surface area contributed by atoms with Crippen molar-refractivity contribution in [1.29, 1.82) is 0 Å². The van der Waals surface area contributed by atoms with Crippen LogP contribution in [0.1, 0.15) is 29.6 Å². The number of methoxy groups -OCH3 is 1. The molecule has 0 radical (unpaired) electrons. The Balaban J connectivity index is 2.11. The molecule has 20 heavy (non-hydrogen) atoms. The van der Waals surface area contributed by atoms with Crippen molar-refractivity contribution in [1.82, 2.24) is 0 Å². The Morgan fingerprint density at radius 3 is 2.80 bits per heavy atom. The second-order valence-electron chi connectivity index (χ2n) is 5.33. The number of nitrogens with one attached hydrogen (secondary N) is 1. The molecule has 0 spiro atoms. The molecule has 6 heteroatoms. The van der Waals surface area contributed by atoms with Gasteiger partial charge in [0.25, 0.3) is 0 Å². The number of carboxylic acids is 1. The van der Waals surface area contributed by atoms with Crippen LogP contribution in [0.4, 0.5) is 11.4 Å². The molecule has 0 saturated heterocycles. The molecule has 1 aromatic carbocycles. The van der Waals surface area contributed by atoms with E-state index in [0.29, 0.717) is 29.5 Å². The summed E-state index contributed by atoms with van der Waals surface area (Å²) in [7, 11) is 1.68. The number of ether oxygens (including phenoxy) is 1. The minimum absolute atomic E-state index is 0.109. The maximum absolute atomic E-state index is 11.3. The van der Waals surface area contributed by atoms with Gasteiger partial charge in [-0.3, -0.25) is 0 Å². The normalized spacial score (nSPS) is 15.9. The van der Waals surface area contributed by atoms with E-state index in [1.165, 1.54) is 6.07 Å². The van der Waals surface area contributed by atoms with Gasteiger partial charge in [-0.1, -0.05) is 11.6 Å². The highest BCUT2D eigenvalue weighted by atomic mass is 35.5. The molecule has 1 aliphatic rings. The van der Waals surface area contributed by atoms with Crippen LogP contribution in [0.3, 0.4) is 0 Å². The Morgan fingerprint density at radius 1 is 1.55 bits per heavy atom. The SMILES string of the molecule is COCCC1(CNc2c(Cl)cc(N)cc2C(=O)O)CC1. The van der Waals surface area contributed by atoms with Gasteiger partial charge >= 0.3 is 5.97 Å². The van der Waals surface area contributed by atoms with Gasteiger partial charge in [-0.25, -0.2) is 4.79 Å². The fourth-order valence-electron chi connectivity index (χ4n) is 2.26. The van der Waals surface area contributed by atoms with Gasteiger partial charge in [0.05, 0.1) is 16.3 Å². The highest BCUT2D eigenvalue weighted by Gasteiger charge is 2.42. The van der Waals surface area contributed by atoms with Crippen molar-refractivity contribution in [3.8, 4) is 0 Å². The summed E-state index contributed by atoms with van der Waals surface area (Å²) in [5.74, 6) is -1.04. The molecule has 0 heterocycles. The topological polar surface area (TPSA) is 84.6 Å². The largest absolute Gasteiger partial charge is 0.478 e. The number of hydrogen-bond acceptors (Lipinski definition) is 4. The molecule has 0 aromatic heterocycles. The van der Waals surface area contributed by atoms with Crippen LogP contribution in [0.25, 0.3) is 0 Å². The van der Waals surface area contributed by atoms with Gasteiger partial charge in [0.1, 0.15) is 0 Å². The van der Waals surface area contributed by atoms with Gasteiger partial charge in [-0.15, -0.1) is 0 Å². The van der Waals surface area contributed by atoms with Gasteiger partial charge in [-0.2, -0.15) is 0 Å². The average molecular weight is 299 g/mol. The van der Waals surface area contributed by atoms with Crippen LogP contribution in [0, 0.1) is 5.41 Å². The first-order valence-electron chi connectivity index (χ1n) is 6.52. The number of halogens is 1. The molecule has 1 aromatic rings. The molecule has 1 aliphatic carbocycles. The molecule has 0 aliphatic heterocycles. The minimum atomic E-state index is -1.04. The van der Waals surface area contributed by atoms with Gasteiger partial charge in [0.15, 0.2) is 0 Å². The van der Waals surface area contributed by atoms with E-state index < -0.39 is 5.97 Å². The van der Waals surface area contributed by atoms with E-state index in [9.17, 15) is 9.90 Å². The monoisotopic (exact) mass is 298 g/mol. The third-order valence-corrected chi connectivity index (χ3v) is 4.07. The van der Waals surface area contributed by atoms with E-state index >= 15 is 0 Å². The maximum Gasteiger partial charge on any atom is 0.337 e. The van der Waals surface area contributed by atoms with Crippen LogP contribution in [-0.2, 0) is 4.74 Å². The first-order chi connectivity index (χ1) is 9.47. The maximum atomic E-state index is 11.3. The standard InChI is InChI=1S/C14H19ClN2O3/c1-20-5-4-14(2-3-14)8-17-12-10(13(18)19)6-9(16)7-11(12)15/h6-7,17H,2-5,8,16H2,1H3,(H,18,19). The molecule has 5 nitrogen and oxygen atoms in total. The second-order valence-corrected chi connectivity index (χ2v) is 5.73. The predicted molar refractivity (Wildman–Crippen MR) is 79.5 cm³/mol. The quantitative estimate of drug-likeness (QED) is 0.674. The molecule has 2 rings (SSSR count). The number of aromatic carboxylic acids is 1. The second kappa shape index (κ2) is 5.89. The van der Waals surface area contributed by atoms with Crippen LogP contribution in [-0.4, -0.2) is 31.3 Å². The fourth-order valence-corrected chi connectivity index (χ4v) is 2.56.